The SMILES string of the molecule is COC(=O)c1cccnc1CNC1(C)CCCOC1. The lowest BCUT2D eigenvalue weighted by Gasteiger charge is -2.34. The number of nitrogens with zero attached hydrogens (tertiary/aromatic N) is 1. The minimum atomic E-state index is -0.352. The standard InChI is InChI=1S/C14H20N2O3/c1-14(6-4-8-19-10-14)16-9-12-11(13(17)18-2)5-3-7-15-12/h3,5,7,16H,4,6,8-10H2,1-2H3. The van der Waals surface area contributed by atoms with Gasteiger partial charge in [0.15, 0.2) is 0 Å². The van der Waals surface area contributed by atoms with Gasteiger partial charge in [-0.2, -0.15) is 0 Å². The zero-order chi connectivity index (χ0) is 13.7. The van der Waals surface area contributed by atoms with Crippen LogP contribution in [0.15, 0.2) is 18.3 Å². The molecule has 1 N–H and O–H groups in total. The largest absolute Gasteiger partial charge is 0.465 e. The Hall–Kier alpha value is -1.46. The molecule has 0 aromatic carbocycles. The van der Waals surface area contributed by atoms with Gasteiger partial charge in [-0.1, -0.05) is 0 Å². The van der Waals surface area contributed by atoms with Crippen molar-refractivity contribution in [3.63, 3.8) is 0 Å². The molecule has 1 aromatic heterocycles. The van der Waals surface area contributed by atoms with E-state index in [9.17, 15) is 4.79 Å². The van der Waals surface area contributed by atoms with E-state index in [1.54, 1.807) is 18.3 Å². The van der Waals surface area contributed by atoms with Crippen molar-refractivity contribution in [3.8, 4) is 0 Å². The molecule has 1 saturated heterocycles. The molecule has 0 spiro atoms. The number of pyridine rings is 1. The molecule has 2 rings (SSSR count). The fourth-order valence-corrected chi connectivity index (χ4v) is 2.25. The fraction of sp³-hybridized carbons (Fsp3) is 0.571. The van der Waals surface area contributed by atoms with E-state index in [1.807, 2.05) is 0 Å². The maximum atomic E-state index is 11.7. The van der Waals surface area contributed by atoms with Crippen LogP contribution in [0.2, 0.25) is 0 Å². The third kappa shape index (κ3) is 3.52. The Kier molecular flexibility index (Phi) is 4.50. The highest BCUT2D eigenvalue weighted by atomic mass is 16.5. The van der Waals surface area contributed by atoms with Crippen molar-refractivity contribution in [1.29, 1.82) is 0 Å². The van der Waals surface area contributed by atoms with E-state index in [4.69, 9.17) is 9.47 Å². The van der Waals surface area contributed by atoms with Crippen LogP contribution in [0.25, 0.3) is 0 Å². The topological polar surface area (TPSA) is 60.5 Å². The number of ether oxygens (including phenoxy) is 2. The second kappa shape index (κ2) is 6.12. The number of carbonyl (C=O) groups is 1. The summed E-state index contributed by atoms with van der Waals surface area (Å²) in [6, 6.07) is 3.47. The molecular formula is C14H20N2O3. The summed E-state index contributed by atoms with van der Waals surface area (Å²) in [5.74, 6) is -0.352. The molecule has 1 aliphatic heterocycles. The lowest BCUT2D eigenvalue weighted by atomic mass is 9.94. The number of hydrogen-bond acceptors (Lipinski definition) is 5. The summed E-state index contributed by atoms with van der Waals surface area (Å²) in [5, 5.41) is 3.44. The second-order valence-corrected chi connectivity index (χ2v) is 5.06. The highest BCUT2D eigenvalue weighted by Gasteiger charge is 2.27. The normalized spacial score (nSPS) is 23.1. The Morgan fingerprint density at radius 2 is 2.47 bits per heavy atom. The Morgan fingerprint density at radius 1 is 1.63 bits per heavy atom. The molecule has 5 nitrogen and oxygen atoms in total. The Bertz CT molecular complexity index is 442. The number of aromatic nitrogens is 1. The Labute approximate surface area is 113 Å². The van der Waals surface area contributed by atoms with Gasteiger partial charge in [-0.15, -0.1) is 0 Å². The predicted molar refractivity (Wildman–Crippen MR) is 70.9 cm³/mol. The molecule has 1 aromatic rings. The smallest absolute Gasteiger partial charge is 0.339 e. The maximum absolute atomic E-state index is 11.7. The number of hydrogen-bond donors (Lipinski definition) is 1. The zero-order valence-corrected chi connectivity index (χ0v) is 11.4. The van der Waals surface area contributed by atoms with Gasteiger partial charge in [0.1, 0.15) is 0 Å². The molecule has 104 valence electrons. The van der Waals surface area contributed by atoms with E-state index in [2.05, 4.69) is 17.2 Å². The van der Waals surface area contributed by atoms with Gasteiger partial charge in [0.25, 0.3) is 0 Å². The molecule has 1 aliphatic rings. The fourth-order valence-electron chi connectivity index (χ4n) is 2.25. The first-order chi connectivity index (χ1) is 9.14. The molecule has 1 atom stereocenters. The quantitative estimate of drug-likeness (QED) is 0.836. The summed E-state index contributed by atoms with van der Waals surface area (Å²) in [6.45, 7) is 4.18. The molecule has 0 radical (unpaired) electrons. The first kappa shape index (κ1) is 14.0. The van der Waals surface area contributed by atoms with Gasteiger partial charge < -0.3 is 14.8 Å². The van der Waals surface area contributed by atoms with Crippen LogP contribution in [0.5, 0.6) is 0 Å². The summed E-state index contributed by atoms with van der Waals surface area (Å²) < 4.78 is 10.3. The van der Waals surface area contributed by atoms with E-state index in [0.717, 1.165) is 19.4 Å². The third-order valence-electron chi connectivity index (χ3n) is 3.42. The molecule has 19 heavy (non-hydrogen) atoms. The van der Waals surface area contributed by atoms with Crippen molar-refractivity contribution in [3.05, 3.63) is 29.6 Å². The predicted octanol–water partition coefficient (Wildman–Crippen LogP) is 1.53. The number of nitrogens with one attached hydrogen (secondary N) is 1. The first-order valence-corrected chi connectivity index (χ1v) is 6.50. The number of esters is 1. The minimum Gasteiger partial charge on any atom is -0.465 e. The summed E-state index contributed by atoms with van der Waals surface area (Å²) >= 11 is 0. The van der Waals surface area contributed by atoms with Crippen molar-refractivity contribution in [2.75, 3.05) is 20.3 Å². The Morgan fingerprint density at radius 3 is 3.16 bits per heavy atom. The van der Waals surface area contributed by atoms with Gasteiger partial charge in [-0.3, -0.25) is 4.98 Å². The summed E-state index contributed by atoms with van der Waals surface area (Å²) in [4.78, 5) is 15.9. The average molecular weight is 264 g/mol. The highest BCUT2D eigenvalue weighted by molar-refractivity contribution is 5.90. The lowest BCUT2D eigenvalue weighted by molar-refractivity contribution is 0.0275. The molecule has 1 unspecified atom stereocenters. The average Bonchev–Trinajstić information content (AvgIpc) is 2.45. The number of methoxy groups -OCH3 is 1. The van der Waals surface area contributed by atoms with Gasteiger partial charge in [0.05, 0.1) is 25.0 Å². The van der Waals surface area contributed by atoms with E-state index in [0.29, 0.717) is 24.4 Å². The molecule has 0 bridgehead atoms. The summed E-state index contributed by atoms with van der Waals surface area (Å²) in [5.41, 5.74) is 1.17. The van der Waals surface area contributed by atoms with Crippen LogP contribution in [-0.2, 0) is 16.0 Å². The first-order valence-electron chi connectivity index (χ1n) is 6.50. The number of carbonyl (C=O) groups excluding carboxylic acids is 1. The van der Waals surface area contributed by atoms with Crippen molar-refractivity contribution >= 4 is 5.97 Å². The maximum Gasteiger partial charge on any atom is 0.339 e. The van der Waals surface area contributed by atoms with Gasteiger partial charge in [-0.25, -0.2) is 4.79 Å². The highest BCUT2D eigenvalue weighted by Crippen LogP contribution is 2.19. The van der Waals surface area contributed by atoms with Crippen LogP contribution in [0, 0.1) is 0 Å². The summed E-state index contributed by atoms with van der Waals surface area (Å²) in [7, 11) is 1.38. The monoisotopic (exact) mass is 264 g/mol. The van der Waals surface area contributed by atoms with Crippen molar-refractivity contribution in [2.24, 2.45) is 0 Å². The lowest BCUT2D eigenvalue weighted by Crippen LogP contribution is -2.48. The van der Waals surface area contributed by atoms with Crippen LogP contribution in [0.3, 0.4) is 0 Å². The van der Waals surface area contributed by atoms with Gasteiger partial charge in [-0.05, 0) is 31.9 Å². The molecule has 2 heterocycles. The van der Waals surface area contributed by atoms with E-state index in [1.165, 1.54) is 7.11 Å². The van der Waals surface area contributed by atoms with Crippen molar-refractivity contribution < 1.29 is 14.3 Å². The van der Waals surface area contributed by atoms with Crippen LogP contribution >= 0.6 is 0 Å². The van der Waals surface area contributed by atoms with E-state index >= 15 is 0 Å². The molecule has 0 saturated carbocycles. The van der Waals surface area contributed by atoms with Crippen molar-refractivity contribution in [2.45, 2.75) is 31.8 Å². The molecular weight excluding hydrogens is 244 g/mol. The van der Waals surface area contributed by atoms with E-state index < -0.39 is 0 Å². The Balaban J connectivity index is 2.04. The van der Waals surface area contributed by atoms with E-state index in [-0.39, 0.29) is 11.5 Å². The molecule has 0 aliphatic carbocycles. The van der Waals surface area contributed by atoms with Crippen LogP contribution in [0.1, 0.15) is 35.8 Å². The van der Waals surface area contributed by atoms with Crippen LogP contribution in [-0.4, -0.2) is 36.8 Å². The molecule has 5 heteroatoms. The van der Waals surface area contributed by atoms with Gasteiger partial charge >= 0.3 is 5.97 Å². The zero-order valence-electron chi connectivity index (χ0n) is 11.4. The van der Waals surface area contributed by atoms with Gasteiger partial charge in [0, 0.05) is 24.9 Å². The van der Waals surface area contributed by atoms with Crippen molar-refractivity contribution in [1.82, 2.24) is 10.3 Å². The number of rotatable bonds is 4. The molecule has 0 amide bonds. The second-order valence-electron chi connectivity index (χ2n) is 5.06. The summed E-state index contributed by atoms with van der Waals surface area (Å²) in [6.07, 6.45) is 3.80. The van der Waals surface area contributed by atoms with Crippen LogP contribution in [0.4, 0.5) is 0 Å². The van der Waals surface area contributed by atoms with Gasteiger partial charge in [0.2, 0.25) is 0 Å². The third-order valence-corrected chi connectivity index (χ3v) is 3.42. The minimum absolute atomic E-state index is 0.0524. The molecule has 1 fully saturated rings. The van der Waals surface area contributed by atoms with Crippen LogP contribution < -0.4 is 5.32 Å².